The smallest absolute Gasteiger partial charge is 0.280 e. The Bertz CT molecular complexity index is 1180. The first-order valence-corrected chi connectivity index (χ1v) is 12.3. The maximum atomic E-state index is 13.0. The van der Waals surface area contributed by atoms with Crippen LogP contribution in [0.4, 0.5) is 5.13 Å². The number of benzene rings is 1. The zero-order valence-corrected chi connectivity index (χ0v) is 19.3. The molecular formula is C22H22N4O5S2. The highest BCUT2D eigenvalue weighted by Crippen LogP contribution is 2.61. The van der Waals surface area contributed by atoms with Crippen molar-refractivity contribution in [2.45, 2.75) is 24.5 Å². The molecule has 0 aliphatic heterocycles. The van der Waals surface area contributed by atoms with Crippen LogP contribution in [0.15, 0.2) is 75.9 Å². The molecule has 0 saturated heterocycles. The number of carbonyl (C=O) groups excluding carboxylic acids is 1. The Kier molecular flexibility index (Phi) is 7.16. The molecule has 0 unspecified atom stereocenters. The lowest BCUT2D eigenvalue weighted by molar-refractivity contribution is -0.110. The molecule has 1 aromatic carbocycles. The van der Waals surface area contributed by atoms with Gasteiger partial charge in [0.25, 0.3) is 5.91 Å². The summed E-state index contributed by atoms with van der Waals surface area (Å²) in [5.41, 5.74) is 1.13. The predicted molar refractivity (Wildman–Crippen MR) is 127 cm³/mol. The number of hydrogen-bond acceptors (Lipinski definition) is 9. The summed E-state index contributed by atoms with van der Waals surface area (Å²) in [5, 5.41) is 7.18. The summed E-state index contributed by atoms with van der Waals surface area (Å²) in [6, 6.07) is 11.8. The highest BCUT2D eigenvalue weighted by molar-refractivity contribution is 8.27. The van der Waals surface area contributed by atoms with E-state index in [0.717, 1.165) is 4.88 Å². The predicted octanol–water partition coefficient (Wildman–Crippen LogP) is 4.64. The maximum Gasteiger partial charge on any atom is 0.280 e. The normalized spacial score (nSPS) is 13.9. The molecule has 2 aromatic heterocycles. The summed E-state index contributed by atoms with van der Waals surface area (Å²) in [6.07, 6.45) is 5.65. The van der Waals surface area contributed by atoms with Crippen LogP contribution in [0, 0.1) is 0 Å². The average molecular weight is 487 g/mol. The van der Waals surface area contributed by atoms with Gasteiger partial charge in [-0.1, -0.05) is 40.8 Å². The SMILES string of the molecule is COCc1cnc(NC(=O)C(=NOCc2ccccn2)c2ccc(S(O)(O)C3=CC3)cc2)s1. The number of allylic oxidation sites excluding steroid dienone is 2. The first-order valence-electron chi connectivity index (χ1n) is 9.90. The summed E-state index contributed by atoms with van der Waals surface area (Å²) >= 11 is 1.29. The molecule has 1 aliphatic rings. The van der Waals surface area contributed by atoms with Gasteiger partial charge in [-0.05, 0) is 24.3 Å². The van der Waals surface area contributed by atoms with E-state index in [1.807, 2.05) is 6.07 Å². The minimum Gasteiger partial charge on any atom is -0.389 e. The molecule has 1 aliphatic carbocycles. The van der Waals surface area contributed by atoms with E-state index in [1.54, 1.807) is 62.0 Å². The molecule has 0 atom stereocenters. The fourth-order valence-corrected chi connectivity index (χ4v) is 4.98. The summed E-state index contributed by atoms with van der Waals surface area (Å²) < 4.78 is 25.9. The van der Waals surface area contributed by atoms with E-state index < -0.39 is 16.5 Å². The van der Waals surface area contributed by atoms with E-state index in [-0.39, 0.29) is 12.3 Å². The van der Waals surface area contributed by atoms with Crippen molar-refractivity contribution < 1.29 is 23.5 Å². The number of methoxy groups -OCH3 is 1. The van der Waals surface area contributed by atoms with E-state index >= 15 is 0 Å². The van der Waals surface area contributed by atoms with E-state index in [1.165, 1.54) is 11.3 Å². The Morgan fingerprint density at radius 1 is 1.18 bits per heavy atom. The van der Waals surface area contributed by atoms with Gasteiger partial charge < -0.3 is 9.57 Å². The molecule has 2 heterocycles. The molecule has 11 heteroatoms. The second kappa shape index (κ2) is 10.2. The van der Waals surface area contributed by atoms with Gasteiger partial charge >= 0.3 is 0 Å². The molecule has 9 nitrogen and oxygen atoms in total. The van der Waals surface area contributed by atoms with Crippen molar-refractivity contribution in [3.8, 4) is 0 Å². The lowest BCUT2D eigenvalue weighted by atomic mass is 10.1. The highest BCUT2D eigenvalue weighted by Gasteiger charge is 2.27. The first-order chi connectivity index (χ1) is 16.0. The van der Waals surface area contributed by atoms with E-state index in [4.69, 9.17) is 9.57 Å². The zero-order valence-electron chi connectivity index (χ0n) is 17.7. The summed E-state index contributed by atoms with van der Waals surface area (Å²) in [7, 11) is -1.39. The van der Waals surface area contributed by atoms with Gasteiger partial charge in [0.05, 0.1) is 22.1 Å². The highest BCUT2D eigenvalue weighted by atomic mass is 32.3. The second-order valence-electron chi connectivity index (χ2n) is 7.00. The standard InChI is InChI=1S/C22H22N4O5S2/c1-30-14-17-12-24-22(32-17)25-21(27)20(26-31-13-16-4-2-3-11-23-16)15-5-7-18(8-6-15)33(28,29)19-9-10-19/h2-9,11-12,28-29H,10,13-14H2,1H3,(H,24,25,27). The third-order valence-electron chi connectivity index (χ3n) is 4.56. The number of thiazole rings is 1. The largest absolute Gasteiger partial charge is 0.389 e. The Hall–Kier alpha value is -3.09. The number of ether oxygens (including phenoxy) is 1. The van der Waals surface area contributed by atoms with Crippen molar-refractivity contribution in [2.24, 2.45) is 5.16 Å². The summed E-state index contributed by atoms with van der Waals surface area (Å²) in [4.78, 5) is 28.6. The van der Waals surface area contributed by atoms with Crippen molar-refractivity contribution >= 4 is 38.7 Å². The number of carbonyl (C=O) groups is 1. The topological polar surface area (TPSA) is 126 Å². The Labute approximate surface area is 196 Å². The lowest BCUT2D eigenvalue weighted by Gasteiger charge is -2.30. The molecule has 0 spiro atoms. The molecule has 0 fully saturated rings. The number of aromatic nitrogens is 2. The van der Waals surface area contributed by atoms with E-state index in [0.29, 0.717) is 39.2 Å². The Balaban J connectivity index is 1.55. The van der Waals surface area contributed by atoms with Gasteiger partial charge in [0.1, 0.15) is 0 Å². The molecule has 0 saturated carbocycles. The monoisotopic (exact) mass is 486 g/mol. The third kappa shape index (κ3) is 5.83. The van der Waals surface area contributed by atoms with E-state index in [9.17, 15) is 13.9 Å². The summed E-state index contributed by atoms with van der Waals surface area (Å²) in [5.74, 6) is -0.515. The van der Waals surface area contributed by atoms with Crippen molar-refractivity contribution in [3.63, 3.8) is 0 Å². The Morgan fingerprint density at radius 3 is 2.64 bits per heavy atom. The van der Waals surface area contributed by atoms with Gasteiger partial charge in [-0.3, -0.25) is 24.2 Å². The summed E-state index contributed by atoms with van der Waals surface area (Å²) in [6.45, 7) is 0.478. The molecule has 0 bridgehead atoms. The number of anilines is 1. The number of rotatable bonds is 10. The van der Waals surface area contributed by atoms with Crippen LogP contribution in [0.3, 0.4) is 0 Å². The number of hydrogen-bond donors (Lipinski definition) is 3. The first kappa shape index (κ1) is 23.1. The van der Waals surface area contributed by atoms with Crippen molar-refractivity contribution in [3.05, 3.63) is 82.0 Å². The second-order valence-corrected chi connectivity index (χ2v) is 10.2. The molecule has 1 amide bonds. The van der Waals surface area contributed by atoms with Crippen molar-refractivity contribution in [2.75, 3.05) is 12.4 Å². The molecule has 172 valence electrons. The van der Waals surface area contributed by atoms with Crippen molar-refractivity contribution in [1.29, 1.82) is 0 Å². The minimum atomic E-state index is -2.97. The van der Waals surface area contributed by atoms with Gasteiger partial charge in [0.2, 0.25) is 0 Å². The molecule has 3 aromatic rings. The van der Waals surface area contributed by atoms with Crippen LogP contribution in [0.1, 0.15) is 22.6 Å². The maximum absolute atomic E-state index is 13.0. The van der Waals surface area contributed by atoms with E-state index in [2.05, 4.69) is 20.4 Å². The van der Waals surface area contributed by atoms with Gasteiger partial charge in [0.15, 0.2) is 17.5 Å². The fraction of sp³-hybridized carbons (Fsp3) is 0.182. The zero-order chi connectivity index (χ0) is 23.3. The van der Waals surface area contributed by atoms with Gasteiger partial charge in [-0.25, -0.2) is 4.98 Å². The van der Waals surface area contributed by atoms with Crippen LogP contribution in [0.5, 0.6) is 0 Å². The van der Waals surface area contributed by atoms with Crippen LogP contribution in [-0.2, 0) is 27.6 Å². The molecule has 0 radical (unpaired) electrons. The van der Waals surface area contributed by atoms with Crippen molar-refractivity contribution in [1.82, 2.24) is 9.97 Å². The Morgan fingerprint density at radius 2 is 1.97 bits per heavy atom. The number of pyridine rings is 1. The lowest BCUT2D eigenvalue weighted by Crippen LogP contribution is -2.24. The quantitative estimate of drug-likeness (QED) is 0.281. The number of amides is 1. The van der Waals surface area contributed by atoms with Crippen LogP contribution < -0.4 is 5.32 Å². The number of nitrogens with zero attached hydrogens (tertiary/aromatic N) is 3. The third-order valence-corrected chi connectivity index (χ3v) is 7.44. The number of oxime groups is 1. The number of nitrogens with one attached hydrogen (secondary N) is 1. The molecular weight excluding hydrogens is 464 g/mol. The molecule has 4 rings (SSSR count). The molecule has 3 N–H and O–H groups in total. The van der Waals surface area contributed by atoms with Crippen LogP contribution in [0.25, 0.3) is 0 Å². The van der Waals surface area contributed by atoms with Gasteiger partial charge in [-0.15, -0.1) is 10.6 Å². The van der Waals surface area contributed by atoms with Gasteiger partial charge in [0, 0.05) is 36.4 Å². The fourth-order valence-electron chi connectivity index (χ4n) is 2.83. The molecule has 33 heavy (non-hydrogen) atoms. The van der Waals surface area contributed by atoms with Crippen LogP contribution >= 0.6 is 21.9 Å². The minimum absolute atomic E-state index is 0.0167. The van der Waals surface area contributed by atoms with Crippen LogP contribution in [-0.4, -0.2) is 37.8 Å². The average Bonchev–Trinajstić information content (AvgIpc) is 3.60. The van der Waals surface area contributed by atoms with Gasteiger partial charge in [-0.2, -0.15) is 0 Å². The van der Waals surface area contributed by atoms with Crippen LogP contribution in [0.2, 0.25) is 0 Å².